The standard InChI is InChI=1S/C14H15N3O2S/c1-19-12-5-3-11(4-6-12)17-13(18)7-10-20-14-15-8-2-9-16-14/h2-6,8-9H,7,10H2,1H3,(H,17,18). The Morgan fingerprint density at radius 1 is 1.25 bits per heavy atom. The first-order valence-corrected chi connectivity index (χ1v) is 7.10. The molecule has 0 unspecified atom stereocenters. The number of carbonyl (C=O) groups excluding carboxylic acids is 1. The number of hydrogen-bond acceptors (Lipinski definition) is 5. The molecule has 0 saturated heterocycles. The minimum Gasteiger partial charge on any atom is -0.497 e. The lowest BCUT2D eigenvalue weighted by Crippen LogP contribution is -2.12. The molecule has 0 aliphatic heterocycles. The Hall–Kier alpha value is -2.08. The molecule has 1 heterocycles. The Balaban J connectivity index is 1.74. The van der Waals surface area contributed by atoms with Crippen LogP contribution >= 0.6 is 11.8 Å². The molecule has 0 atom stereocenters. The van der Waals surface area contributed by atoms with Gasteiger partial charge in [-0.15, -0.1) is 0 Å². The fraction of sp³-hybridized carbons (Fsp3) is 0.214. The first-order chi connectivity index (χ1) is 9.78. The molecule has 2 aromatic rings. The average molecular weight is 289 g/mol. The van der Waals surface area contributed by atoms with Crippen LogP contribution in [0.5, 0.6) is 5.75 Å². The van der Waals surface area contributed by atoms with Gasteiger partial charge in [-0.25, -0.2) is 9.97 Å². The number of ether oxygens (including phenoxy) is 1. The summed E-state index contributed by atoms with van der Waals surface area (Å²) in [7, 11) is 1.61. The van der Waals surface area contributed by atoms with E-state index in [0.29, 0.717) is 17.3 Å². The summed E-state index contributed by atoms with van der Waals surface area (Å²) >= 11 is 1.46. The Kier molecular flexibility index (Phi) is 5.37. The number of amides is 1. The number of aromatic nitrogens is 2. The third-order valence-corrected chi connectivity index (χ3v) is 3.35. The van der Waals surface area contributed by atoms with Gasteiger partial charge in [0, 0.05) is 30.3 Å². The smallest absolute Gasteiger partial charge is 0.225 e. The third-order valence-electron chi connectivity index (χ3n) is 2.48. The zero-order chi connectivity index (χ0) is 14.2. The monoisotopic (exact) mass is 289 g/mol. The van der Waals surface area contributed by atoms with Gasteiger partial charge in [0.25, 0.3) is 0 Å². The van der Waals surface area contributed by atoms with Crippen LogP contribution in [0.25, 0.3) is 0 Å². The van der Waals surface area contributed by atoms with Crippen molar-refractivity contribution < 1.29 is 9.53 Å². The third kappa shape index (κ3) is 4.55. The van der Waals surface area contributed by atoms with Crippen molar-refractivity contribution in [1.82, 2.24) is 9.97 Å². The Morgan fingerprint density at radius 2 is 1.95 bits per heavy atom. The summed E-state index contributed by atoms with van der Waals surface area (Å²) in [5.74, 6) is 1.38. The highest BCUT2D eigenvalue weighted by Gasteiger charge is 2.04. The first kappa shape index (κ1) is 14.3. The van der Waals surface area contributed by atoms with E-state index in [1.165, 1.54) is 11.8 Å². The molecule has 1 aromatic heterocycles. The summed E-state index contributed by atoms with van der Waals surface area (Å²) in [6, 6.07) is 9.00. The van der Waals surface area contributed by atoms with Crippen molar-refractivity contribution in [2.75, 3.05) is 18.2 Å². The van der Waals surface area contributed by atoms with Gasteiger partial charge in [-0.05, 0) is 30.3 Å². The molecule has 1 amide bonds. The van der Waals surface area contributed by atoms with Gasteiger partial charge >= 0.3 is 0 Å². The van der Waals surface area contributed by atoms with Gasteiger partial charge < -0.3 is 10.1 Å². The number of benzene rings is 1. The van der Waals surface area contributed by atoms with Gasteiger partial charge in [-0.1, -0.05) is 11.8 Å². The van der Waals surface area contributed by atoms with Crippen LogP contribution in [0.4, 0.5) is 5.69 Å². The molecule has 0 aliphatic carbocycles. The van der Waals surface area contributed by atoms with Gasteiger partial charge in [0.2, 0.25) is 5.91 Å². The number of thioether (sulfide) groups is 1. The van der Waals surface area contributed by atoms with Crippen LogP contribution < -0.4 is 10.1 Å². The molecular weight excluding hydrogens is 274 g/mol. The van der Waals surface area contributed by atoms with Crippen LogP contribution in [0.15, 0.2) is 47.9 Å². The quantitative estimate of drug-likeness (QED) is 0.654. The van der Waals surface area contributed by atoms with Gasteiger partial charge in [0.05, 0.1) is 7.11 Å². The number of anilines is 1. The maximum absolute atomic E-state index is 11.8. The Labute approximate surface area is 121 Å². The van der Waals surface area contributed by atoms with Crippen molar-refractivity contribution in [1.29, 1.82) is 0 Å². The van der Waals surface area contributed by atoms with Crippen LogP contribution in [-0.2, 0) is 4.79 Å². The van der Waals surface area contributed by atoms with E-state index in [0.717, 1.165) is 11.4 Å². The molecule has 1 N–H and O–H groups in total. The molecule has 0 radical (unpaired) electrons. The highest BCUT2D eigenvalue weighted by atomic mass is 32.2. The maximum atomic E-state index is 11.8. The fourth-order valence-corrected chi connectivity index (χ4v) is 2.23. The van der Waals surface area contributed by atoms with Crippen LogP contribution in [0.1, 0.15) is 6.42 Å². The van der Waals surface area contributed by atoms with E-state index in [1.54, 1.807) is 25.6 Å². The SMILES string of the molecule is COc1ccc(NC(=O)CCSc2ncccn2)cc1. The minimum atomic E-state index is -0.0291. The predicted molar refractivity (Wildman–Crippen MR) is 79.0 cm³/mol. The van der Waals surface area contributed by atoms with Gasteiger partial charge in [-0.2, -0.15) is 0 Å². The van der Waals surface area contributed by atoms with Crippen molar-refractivity contribution in [3.63, 3.8) is 0 Å². The van der Waals surface area contributed by atoms with Crippen LogP contribution in [0, 0.1) is 0 Å². The van der Waals surface area contributed by atoms with E-state index >= 15 is 0 Å². The molecule has 0 aliphatic rings. The maximum Gasteiger partial charge on any atom is 0.225 e. The Bertz CT molecular complexity index is 546. The topological polar surface area (TPSA) is 64.1 Å². The molecule has 104 valence electrons. The molecular formula is C14H15N3O2S. The molecule has 2 rings (SSSR count). The molecule has 0 spiro atoms. The lowest BCUT2D eigenvalue weighted by Gasteiger charge is -2.06. The second-order valence-electron chi connectivity index (χ2n) is 3.91. The average Bonchev–Trinajstić information content (AvgIpc) is 2.49. The lowest BCUT2D eigenvalue weighted by molar-refractivity contribution is -0.115. The minimum absolute atomic E-state index is 0.0291. The molecule has 20 heavy (non-hydrogen) atoms. The van der Waals surface area contributed by atoms with Gasteiger partial charge in [0.1, 0.15) is 5.75 Å². The zero-order valence-electron chi connectivity index (χ0n) is 11.1. The molecule has 0 bridgehead atoms. The summed E-state index contributed by atoms with van der Waals surface area (Å²) in [6.45, 7) is 0. The zero-order valence-corrected chi connectivity index (χ0v) is 11.9. The predicted octanol–water partition coefficient (Wildman–Crippen LogP) is 2.61. The molecule has 5 nitrogen and oxygen atoms in total. The van der Waals surface area contributed by atoms with E-state index in [1.807, 2.05) is 24.3 Å². The summed E-state index contributed by atoms with van der Waals surface area (Å²) in [5.41, 5.74) is 0.761. The van der Waals surface area contributed by atoms with Crippen molar-refractivity contribution in [2.45, 2.75) is 11.6 Å². The Morgan fingerprint density at radius 3 is 2.60 bits per heavy atom. The summed E-state index contributed by atoms with van der Waals surface area (Å²) in [4.78, 5) is 19.9. The number of rotatable bonds is 6. The first-order valence-electron chi connectivity index (χ1n) is 6.11. The van der Waals surface area contributed by atoms with E-state index in [2.05, 4.69) is 15.3 Å². The summed E-state index contributed by atoms with van der Waals surface area (Å²) in [6.07, 6.45) is 3.79. The van der Waals surface area contributed by atoms with Crippen LogP contribution in [-0.4, -0.2) is 28.7 Å². The number of hydrogen-bond donors (Lipinski definition) is 1. The number of nitrogens with one attached hydrogen (secondary N) is 1. The second-order valence-corrected chi connectivity index (χ2v) is 4.97. The van der Waals surface area contributed by atoms with Crippen molar-refractivity contribution in [2.24, 2.45) is 0 Å². The molecule has 0 saturated carbocycles. The van der Waals surface area contributed by atoms with Gasteiger partial charge in [-0.3, -0.25) is 4.79 Å². The summed E-state index contributed by atoms with van der Waals surface area (Å²) < 4.78 is 5.06. The molecule has 1 aromatic carbocycles. The number of carbonyl (C=O) groups is 1. The summed E-state index contributed by atoms with van der Waals surface area (Å²) in [5, 5.41) is 3.52. The lowest BCUT2D eigenvalue weighted by atomic mass is 10.3. The number of methoxy groups -OCH3 is 1. The largest absolute Gasteiger partial charge is 0.497 e. The van der Waals surface area contributed by atoms with Gasteiger partial charge in [0.15, 0.2) is 5.16 Å². The molecule has 0 fully saturated rings. The normalized spacial score (nSPS) is 10.1. The van der Waals surface area contributed by atoms with Crippen molar-refractivity contribution in [3.05, 3.63) is 42.7 Å². The van der Waals surface area contributed by atoms with E-state index in [-0.39, 0.29) is 5.91 Å². The highest BCUT2D eigenvalue weighted by molar-refractivity contribution is 7.99. The molecule has 6 heteroatoms. The number of nitrogens with zero attached hydrogens (tertiary/aromatic N) is 2. The second kappa shape index (κ2) is 7.49. The van der Waals surface area contributed by atoms with Crippen LogP contribution in [0.2, 0.25) is 0 Å². The highest BCUT2D eigenvalue weighted by Crippen LogP contribution is 2.16. The van der Waals surface area contributed by atoms with Crippen LogP contribution in [0.3, 0.4) is 0 Å². The van der Waals surface area contributed by atoms with Crippen molar-refractivity contribution >= 4 is 23.4 Å². The van der Waals surface area contributed by atoms with E-state index in [4.69, 9.17) is 4.74 Å². The fourth-order valence-electron chi connectivity index (χ4n) is 1.49. The van der Waals surface area contributed by atoms with Crippen molar-refractivity contribution in [3.8, 4) is 5.75 Å². The van der Waals surface area contributed by atoms with E-state index in [9.17, 15) is 4.79 Å². The van der Waals surface area contributed by atoms with E-state index < -0.39 is 0 Å².